The van der Waals surface area contributed by atoms with Crippen LogP contribution >= 0.6 is 0 Å². The largest absolute Gasteiger partial charge is 0.496 e. The molecule has 88 valence electrons. The second-order valence-corrected chi connectivity index (χ2v) is 3.99. The molecule has 0 bridgehead atoms. The summed E-state index contributed by atoms with van der Waals surface area (Å²) in [6.45, 7) is 5.81. The average molecular weight is 221 g/mol. The van der Waals surface area contributed by atoms with Gasteiger partial charge in [0.25, 0.3) is 0 Å². The average Bonchev–Trinajstić information content (AvgIpc) is 2.89. The highest BCUT2D eigenvalue weighted by atomic mass is 16.5. The van der Waals surface area contributed by atoms with Gasteiger partial charge in [-0.1, -0.05) is 0 Å². The predicted molar refractivity (Wildman–Crippen MR) is 63.1 cm³/mol. The number of nitrogens with zero attached hydrogens (tertiary/aromatic N) is 2. The zero-order chi connectivity index (χ0) is 11.5. The van der Waals surface area contributed by atoms with Gasteiger partial charge in [0.1, 0.15) is 11.8 Å². The fourth-order valence-electron chi connectivity index (χ4n) is 2.13. The molecule has 0 aromatic carbocycles. The minimum atomic E-state index is 0.128. The van der Waals surface area contributed by atoms with Crippen LogP contribution in [0, 0.1) is 6.92 Å². The van der Waals surface area contributed by atoms with Crippen molar-refractivity contribution in [2.75, 3.05) is 13.7 Å². The van der Waals surface area contributed by atoms with Crippen LogP contribution in [0.15, 0.2) is 17.9 Å². The summed E-state index contributed by atoms with van der Waals surface area (Å²) < 4.78 is 7.65. The van der Waals surface area contributed by atoms with Crippen LogP contribution in [0.5, 0.6) is 0 Å². The number of hydrogen-bond acceptors (Lipinski definition) is 3. The Morgan fingerprint density at radius 1 is 1.62 bits per heavy atom. The fraction of sp³-hybridized carbons (Fsp3) is 0.583. The molecule has 1 aromatic rings. The van der Waals surface area contributed by atoms with Crippen LogP contribution < -0.4 is 5.32 Å². The third-order valence-corrected chi connectivity index (χ3v) is 2.83. The van der Waals surface area contributed by atoms with Crippen molar-refractivity contribution in [3.05, 3.63) is 29.3 Å². The molecule has 2 rings (SSSR count). The van der Waals surface area contributed by atoms with E-state index in [1.54, 1.807) is 0 Å². The smallest absolute Gasteiger partial charge is 0.115 e. The number of ether oxygens (including phenoxy) is 1. The van der Waals surface area contributed by atoms with Crippen LogP contribution in [-0.2, 0) is 11.3 Å². The predicted octanol–water partition coefficient (Wildman–Crippen LogP) is 1.78. The van der Waals surface area contributed by atoms with Gasteiger partial charge in [0.15, 0.2) is 0 Å². The number of aromatic nitrogens is 2. The Hall–Kier alpha value is -1.29. The molecule has 0 aliphatic carbocycles. The normalized spacial score (nSPS) is 17.1. The molecule has 0 fully saturated rings. The molecule has 4 heteroatoms. The van der Waals surface area contributed by atoms with Crippen LogP contribution in [0.3, 0.4) is 0 Å². The lowest BCUT2D eigenvalue weighted by molar-refractivity contribution is 0.215. The Morgan fingerprint density at radius 2 is 2.44 bits per heavy atom. The lowest BCUT2D eigenvalue weighted by Gasteiger charge is -2.18. The molecule has 0 amide bonds. The monoisotopic (exact) mass is 221 g/mol. The molecular formula is C12H19N3O. The zero-order valence-corrected chi connectivity index (χ0v) is 10.2. The van der Waals surface area contributed by atoms with Gasteiger partial charge in [-0.3, -0.25) is 4.68 Å². The Balaban J connectivity index is 2.31. The summed E-state index contributed by atoms with van der Waals surface area (Å²) in [5, 5.41) is 7.76. The summed E-state index contributed by atoms with van der Waals surface area (Å²) in [7, 11) is 1.95. The number of nitrogens with one attached hydrogen (secondary N) is 1. The van der Waals surface area contributed by atoms with Gasteiger partial charge < -0.3 is 10.1 Å². The molecule has 2 heterocycles. The van der Waals surface area contributed by atoms with E-state index in [1.807, 2.05) is 18.7 Å². The molecule has 0 saturated heterocycles. The Kier molecular flexibility index (Phi) is 3.29. The van der Waals surface area contributed by atoms with E-state index in [2.05, 4.69) is 29.5 Å². The standard InChI is InChI=1S/C12H19N3O/c1-4-15-10(8-9(2)14-15)12(13-3)11-6-5-7-16-11/h6,8,12-13H,4-5,7H2,1-3H3. The maximum absolute atomic E-state index is 5.63. The minimum Gasteiger partial charge on any atom is -0.496 e. The highest BCUT2D eigenvalue weighted by molar-refractivity contribution is 5.22. The van der Waals surface area contributed by atoms with Crippen molar-refractivity contribution in [1.82, 2.24) is 15.1 Å². The first-order chi connectivity index (χ1) is 7.76. The van der Waals surface area contributed by atoms with Gasteiger partial charge in [-0.15, -0.1) is 0 Å². The maximum Gasteiger partial charge on any atom is 0.115 e. The quantitative estimate of drug-likeness (QED) is 0.842. The molecule has 0 saturated carbocycles. The SMILES string of the molecule is CCn1nc(C)cc1C(NC)C1=CCCO1. The van der Waals surface area contributed by atoms with E-state index in [4.69, 9.17) is 4.74 Å². The van der Waals surface area contributed by atoms with Crippen molar-refractivity contribution >= 4 is 0 Å². The minimum absolute atomic E-state index is 0.128. The van der Waals surface area contributed by atoms with Crippen molar-refractivity contribution < 1.29 is 4.74 Å². The molecule has 1 unspecified atom stereocenters. The van der Waals surface area contributed by atoms with Gasteiger partial charge in [0.05, 0.1) is 18.0 Å². The van der Waals surface area contributed by atoms with Crippen LogP contribution in [0.2, 0.25) is 0 Å². The first kappa shape index (κ1) is 11.2. The number of aryl methyl sites for hydroxylation is 2. The Bertz CT molecular complexity index is 395. The van der Waals surface area contributed by atoms with Crippen LogP contribution in [-0.4, -0.2) is 23.4 Å². The lowest BCUT2D eigenvalue weighted by Crippen LogP contribution is -2.22. The van der Waals surface area contributed by atoms with Crippen LogP contribution in [0.4, 0.5) is 0 Å². The van der Waals surface area contributed by atoms with Gasteiger partial charge in [-0.05, 0) is 33.0 Å². The van der Waals surface area contributed by atoms with Gasteiger partial charge >= 0.3 is 0 Å². The van der Waals surface area contributed by atoms with Gasteiger partial charge in [0, 0.05) is 13.0 Å². The molecular weight excluding hydrogens is 202 g/mol. The third kappa shape index (κ3) is 1.97. The van der Waals surface area contributed by atoms with E-state index in [9.17, 15) is 0 Å². The van der Waals surface area contributed by atoms with Crippen molar-refractivity contribution in [3.63, 3.8) is 0 Å². The van der Waals surface area contributed by atoms with E-state index >= 15 is 0 Å². The van der Waals surface area contributed by atoms with E-state index in [0.717, 1.165) is 31.0 Å². The molecule has 4 nitrogen and oxygen atoms in total. The van der Waals surface area contributed by atoms with E-state index in [1.165, 1.54) is 5.69 Å². The van der Waals surface area contributed by atoms with E-state index in [-0.39, 0.29) is 6.04 Å². The highest BCUT2D eigenvalue weighted by Gasteiger charge is 2.22. The molecule has 1 N–H and O–H groups in total. The van der Waals surface area contributed by atoms with Crippen molar-refractivity contribution in [2.24, 2.45) is 0 Å². The van der Waals surface area contributed by atoms with Crippen molar-refractivity contribution in [2.45, 2.75) is 32.9 Å². The third-order valence-electron chi connectivity index (χ3n) is 2.83. The molecule has 1 aromatic heterocycles. The molecule has 1 aliphatic rings. The maximum atomic E-state index is 5.63. The summed E-state index contributed by atoms with van der Waals surface area (Å²) in [4.78, 5) is 0. The summed E-state index contributed by atoms with van der Waals surface area (Å²) >= 11 is 0. The molecule has 1 aliphatic heterocycles. The topological polar surface area (TPSA) is 39.1 Å². The summed E-state index contributed by atoms with van der Waals surface area (Å²) in [5.74, 6) is 1.03. The Morgan fingerprint density at radius 3 is 3.00 bits per heavy atom. The number of likely N-dealkylation sites (N-methyl/N-ethyl adjacent to an activating group) is 1. The first-order valence-corrected chi connectivity index (χ1v) is 5.80. The molecule has 16 heavy (non-hydrogen) atoms. The summed E-state index contributed by atoms with van der Waals surface area (Å²) in [6, 6.07) is 2.25. The summed E-state index contributed by atoms with van der Waals surface area (Å²) in [6.07, 6.45) is 3.16. The molecule has 0 spiro atoms. The second kappa shape index (κ2) is 4.70. The highest BCUT2D eigenvalue weighted by Crippen LogP contribution is 2.26. The second-order valence-electron chi connectivity index (χ2n) is 3.99. The Labute approximate surface area is 96.3 Å². The fourth-order valence-corrected chi connectivity index (χ4v) is 2.13. The van der Waals surface area contributed by atoms with Crippen molar-refractivity contribution in [3.8, 4) is 0 Å². The molecule has 1 atom stereocenters. The van der Waals surface area contributed by atoms with Gasteiger partial charge in [0.2, 0.25) is 0 Å². The zero-order valence-electron chi connectivity index (χ0n) is 10.2. The van der Waals surface area contributed by atoms with E-state index < -0.39 is 0 Å². The van der Waals surface area contributed by atoms with E-state index in [0.29, 0.717) is 0 Å². The van der Waals surface area contributed by atoms with Gasteiger partial charge in [-0.2, -0.15) is 5.10 Å². The first-order valence-electron chi connectivity index (χ1n) is 5.80. The lowest BCUT2D eigenvalue weighted by atomic mass is 10.1. The van der Waals surface area contributed by atoms with Gasteiger partial charge in [-0.25, -0.2) is 0 Å². The van der Waals surface area contributed by atoms with Crippen LogP contribution in [0.1, 0.15) is 30.8 Å². The molecule has 0 radical (unpaired) electrons. The van der Waals surface area contributed by atoms with Crippen molar-refractivity contribution in [1.29, 1.82) is 0 Å². The number of hydrogen-bond donors (Lipinski definition) is 1. The van der Waals surface area contributed by atoms with Crippen LogP contribution in [0.25, 0.3) is 0 Å². The summed E-state index contributed by atoms with van der Waals surface area (Å²) in [5.41, 5.74) is 2.23. The number of rotatable bonds is 4.